The van der Waals surface area contributed by atoms with Crippen LogP contribution in [0, 0.1) is 0 Å². The van der Waals surface area contributed by atoms with Gasteiger partial charge < -0.3 is 16.4 Å². The molecule has 0 saturated carbocycles. The molecule has 0 bridgehead atoms. The molecule has 2 heterocycles. The Kier molecular flexibility index (Phi) is 1.31. The van der Waals surface area contributed by atoms with Crippen molar-refractivity contribution in [3.63, 3.8) is 0 Å². The number of fused-ring (bicyclic) bond motifs is 1. The highest BCUT2D eigenvalue weighted by Gasteiger charge is 2.20. The summed E-state index contributed by atoms with van der Waals surface area (Å²) < 4.78 is 0. The van der Waals surface area contributed by atoms with Crippen LogP contribution in [0.5, 0.6) is 0 Å². The Bertz CT molecular complexity index is 241. The highest BCUT2D eigenvalue weighted by molar-refractivity contribution is 5.78. The molecule has 0 saturated heterocycles. The third-order valence-electron chi connectivity index (χ3n) is 1.74. The van der Waals surface area contributed by atoms with Gasteiger partial charge in [-0.15, -0.1) is 0 Å². The number of nitrogens with two attached hydrogens (primary N) is 1. The van der Waals surface area contributed by atoms with Crippen LogP contribution in [0.1, 0.15) is 0 Å². The Morgan fingerprint density at radius 2 is 2.18 bits per heavy atom. The van der Waals surface area contributed by atoms with E-state index in [0.29, 0.717) is 0 Å². The van der Waals surface area contributed by atoms with E-state index in [1.54, 1.807) is 6.21 Å². The Labute approximate surface area is 64.9 Å². The maximum atomic E-state index is 5.56. The van der Waals surface area contributed by atoms with Gasteiger partial charge >= 0.3 is 0 Å². The molecule has 4 nitrogen and oxygen atoms in total. The molecular weight excluding hydrogens is 140 g/mol. The van der Waals surface area contributed by atoms with Crippen molar-refractivity contribution in [1.82, 2.24) is 10.6 Å². The summed E-state index contributed by atoms with van der Waals surface area (Å²) in [6, 6.07) is 0.199. The molecule has 11 heavy (non-hydrogen) atoms. The van der Waals surface area contributed by atoms with Crippen LogP contribution in [0.2, 0.25) is 0 Å². The average Bonchev–Trinajstić information content (AvgIpc) is 2.04. The Morgan fingerprint density at radius 1 is 1.36 bits per heavy atom. The van der Waals surface area contributed by atoms with Gasteiger partial charge in [-0.1, -0.05) is 0 Å². The molecule has 2 unspecified atom stereocenters. The molecule has 0 amide bonds. The standard InChI is InChI=1S/C7H10N4/c8-5-3-6-7(11-4-5)10-2-1-9-6/h1-4,6-7,9-10H,8H2. The molecule has 0 radical (unpaired) electrons. The zero-order valence-corrected chi connectivity index (χ0v) is 5.99. The number of aliphatic imine (C=N–C) groups is 1. The lowest BCUT2D eigenvalue weighted by molar-refractivity contribution is 0.478. The normalized spacial score (nSPS) is 33.3. The Balaban J connectivity index is 2.21. The SMILES string of the molecule is NC1=CC2NC=CNC2N=C1. The van der Waals surface area contributed by atoms with Crippen LogP contribution in [0.4, 0.5) is 0 Å². The van der Waals surface area contributed by atoms with E-state index in [9.17, 15) is 0 Å². The molecule has 2 aliphatic heterocycles. The minimum absolute atomic E-state index is 0.104. The summed E-state index contributed by atoms with van der Waals surface area (Å²) in [5.74, 6) is 0. The van der Waals surface area contributed by atoms with Gasteiger partial charge in [0.15, 0.2) is 0 Å². The van der Waals surface area contributed by atoms with Gasteiger partial charge in [-0.05, 0) is 6.08 Å². The van der Waals surface area contributed by atoms with E-state index in [1.807, 2.05) is 18.5 Å². The zero-order chi connectivity index (χ0) is 7.68. The van der Waals surface area contributed by atoms with Crippen LogP contribution in [0.25, 0.3) is 0 Å². The second-order valence-corrected chi connectivity index (χ2v) is 2.58. The van der Waals surface area contributed by atoms with Crippen LogP contribution < -0.4 is 16.4 Å². The first-order valence-corrected chi connectivity index (χ1v) is 3.54. The van der Waals surface area contributed by atoms with Gasteiger partial charge in [0.2, 0.25) is 0 Å². The third-order valence-corrected chi connectivity index (χ3v) is 1.74. The fourth-order valence-corrected chi connectivity index (χ4v) is 1.19. The maximum absolute atomic E-state index is 5.56. The molecule has 2 atom stereocenters. The lowest BCUT2D eigenvalue weighted by Crippen LogP contribution is -2.47. The van der Waals surface area contributed by atoms with Crippen molar-refractivity contribution in [3.8, 4) is 0 Å². The highest BCUT2D eigenvalue weighted by Crippen LogP contribution is 2.07. The molecule has 2 rings (SSSR count). The molecular formula is C7H10N4. The van der Waals surface area contributed by atoms with Crippen molar-refractivity contribution in [2.24, 2.45) is 10.7 Å². The van der Waals surface area contributed by atoms with Crippen molar-refractivity contribution in [3.05, 3.63) is 24.2 Å². The monoisotopic (exact) mass is 150 g/mol. The molecule has 0 aliphatic carbocycles. The molecule has 0 aromatic rings. The summed E-state index contributed by atoms with van der Waals surface area (Å²) in [7, 11) is 0. The topological polar surface area (TPSA) is 62.4 Å². The van der Waals surface area contributed by atoms with Crippen molar-refractivity contribution in [2.45, 2.75) is 12.2 Å². The summed E-state index contributed by atoms with van der Waals surface area (Å²) in [6.45, 7) is 0. The van der Waals surface area contributed by atoms with Gasteiger partial charge in [-0.25, -0.2) is 0 Å². The number of nitrogens with zero attached hydrogens (tertiary/aromatic N) is 1. The van der Waals surface area contributed by atoms with E-state index in [1.165, 1.54) is 0 Å². The highest BCUT2D eigenvalue weighted by atomic mass is 15.2. The third kappa shape index (κ3) is 1.07. The smallest absolute Gasteiger partial charge is 0.142 e. The number of hydrogen-bond acceptors (Lipinski definition) is 4. The van der Waals surface area contributed by atoms with Gasteiger partial charge in [-0.2, -0.15) is 0 Å². The molecule has 0 aromatic carbocycles. The predicted molar refractivity (Wildman–Crippen MR) is 43.7 cm³/mol. The second kappa shape index (κ2) is 2.30. The summed E-state index contributed by atoms with van der Waals surface area (Å²) in [4.78, 5) is 4.19. The van der Waals surface area contributed by atoms with E-state index < -0.39 is 0 Å². The number of dihydropyridines is 1. The van der Waals surface area contributed by atoms with E-state index in [-0.39, 0.29) is 12.2 Å². The van der Waals surface area contributed by atoms with Crippen molar-refractivity contribution in [1.29, 1.82) is 0 Å². The number of rotatable bonds is 0. The van der Waals surface area contributed by atoms with E-state index in [2.05, 4.69) is 15.6 Å². The predicted octanol–water partition coefficient (Wildman–Crippen LogP) is -0.728. The van der Waals surface area contributed by atoms with Crippen LogP contribution in [-0.2, 0) is 0 Å². The average molecular weight is 150 g/mol. The van der Waals surface area contributed by atoms with Crippen LogP contribution >= 0.6 is 0 Å². The van der Waals surface area contributed by atoms with Gasteiger partial charge in [0.1, 0.15) is 6.17 Å². The molecule has 0 spiro atoms. The zero-order valence-electron chi connectivity index (χ0n) is 5.99. The minimum atomic E-state index is 0.104. The summed E-state index contributed by atoms with van der Waals surface area (Å²) in [5, 5.41) is 6.24. The van der Waals surface area contributed by atoms with Crippen molar-refractivity contribution >= 4 is 6.21 Å². The molecule has 4 heteroatoms. The van der Waals surface area contributed by atoms with E-state index in [4.69, 9.17) is 5.73 Å². The first kappa shape index (κ1) is 6.27. The molecule has 4 N–H and O–H groups in total. The van der Waals surface area contributed by atoms with Gasteiger partial charge in [0.05, 0.1) is 6.04 Å². The van der Waals surface area contributed by atoms with Gasteiger partial charge in [0, 0.05) is 24.3 Å². The number of allylic oxidation sites excluding steroid dienone is 1. The first-order valence-electron chi connectivity index (χ1n) is 3.54. The van der Waals surface area contributed by atoms with Crippen molar-refractivity contribution in [2.75, 3.05) is 0 Å². The lowest BCUT2D eigenvalue weighted by atomic mass is 10.1. The van der Waals surface area contributed by atoms with Crippen LogP contribution in [0.3, 0.4) is 0 Å². The summed E-state index contributed by atoms with van der Waals surface area (Å²) in [6.07, 6.45) is 7.43. The fourth-order valence-electron chi connectivity index (χ4n) is 1.19. The van der Waals surface area contributed by atoms with Gasteiger partial charge in [-0.3, -0.25) is 4.99 Å². The van der Waals surface area contributed by atoms with E-state index >= 15 is 0 Å². The minimum Gasteiger partial charge on any atom is -0.398 e. The maximum Gasteiger partial charge on any atom is 0.142 e. The lowest BCUT2D eigenvalue weighted by Gasteiger charge is -2.28. The molecule has 58 valence electrons. The number of nitrogens with one attached hydrogen (secondary N) is 2. The summed E-state index contributed by atoms with van der Waals surface area (Å²) >= 11 is 0. The summed E-state index contributed by atoms with van der Waals surface area (Å²) in [5.41, 5.74) is 6.28. The first-order chi connectivity index (χ1) is 5.36. The Morgan fingerprint density at radius 3 is 3.09 bits per heavy atom. The quantitative estimate of drug-likeness (QED) is 0.426. The van der Waals surface area contributed by atoms with Crippen molar-refractivity contribution < 1.29 is 0 Å². The van der Waals surface area contributed by atoms with Crippen LogP contribution in [-0.4, -0.2) is 18.4 Å². The van der Waals surface area contributed by atoms with Crippen LogP contribution in [0.15, 0.2) is 29.2 Å². The molecule has 0 fully saturated rings. The second-order valence-electron chi connectivity index (χ2n) is 2.58. The van der Waals surface area contributed by atoms with Gasteiger partial charge in [0.25, 0.3) is 0 Å². The molecule has 2 aliphatic rings. The molecule has 0 aromatic heterocycles. The van der Waals surface area contributed by atoms with E-state index in [0.717, 1.165) is 5.70 Å². The Hall–Kier alpha value is -1.45. The fraction of sp³-hybridized carbons (Fsp3) is 0.286. The largest absolute Gasteiger partial charge is 0.398 e. The number of hydrogen-bond donors (Lipinski definition) is 3.